The van der Waals surface area contributed by atoms with Crippen LogP contribution in [0.3, 0.4) is 0 Å². The second-order valence-electron chi connectivity index (χ2n) is 3.00. The number of amides is 1. The number of aliphatic hydroxyl groups is 1. The Bertz CT molecular complexity index is 152. The number of carbonyl (C=O) groups is 1. The maximum atomic E-state index is 10.3. The molecule has 2 atom stereocenters. The summed E-state index contributed by atoms with van der Waals surface area (Å²) in [4.78, 5) is 10.3. The van der Waals surface area contributed by atoms with Crippen molar-refractivity contribution in [2.24, 2.45) is 5.73 Å². The molecule has 13 heavy (non-hydrogen) atoms. The van der Waals surface area contributed by atoms with Gasteiger partial charge in [-0.2, -0.15) is 0 Å². The molecule has 0 aliphatic rings. The monoisotopic (exact) mass is 190 g/mol. The van der Waals surface area contributed by atoms with Crippen molar-refractivity contribution in [1.82, 2.24) is 5.32 Å². The number of hydrogen-bond acceptors (Lipinski definition) is 3. The number of aliphatic hydroxyl groups excluding tert-OH is 1. The third-order valence-electron chi connectivity index (χ3n) is 1.88. The van der Waals surface area contributed by atoms with Crippen LogP contribution in [0.1, 0.15) is 26.2 Å². The zero-order chi connectivity index (χ0) is 10.3. The van der Waals surface area contributed by atoms with Crippen LogP contribution in [-0.4, -0.2) is 35.0 Å². The minimum Gasteiger partial charge on any atom is -0.465 e. The van der Waals surface area contributed by atoms with Crippen molar-refractivity contribution in [3.05, 3.63) is 0 Å². The lowest BCUT2D eigenvalue weighted by atomic mass is 10.0. The maximum Gasteiger partial charge on any atom is 0.404 e. The Labute approximate surface area is 77.9 Å². The topological polar surface area (TPSA) is 95.6 Å². The van der Waals surface area contributed by atoms with Crippen LogP contribution in [0, 0.1) is 0 Å². The van der Waals surface area contributed by atoms with Gasteiger partial charge in [-0.3, -0.25) is 0 Å². The van der Waals surface area contributed by atoms with Gasteiger partial charge in [0.1, 0.15) is 0 Å². The summed E-state index contributed by atoms with van der Waals surface area (Å²) in [5.41, 5.74) is 5.24. The molecule has 0 fully saturated rings. The van der Waals surface area contributed by atoms with E-state index in [1.54, 1.807) is 0 Å². The molecule has 5 heteroatoms. The van der Waals surface area contributed by atoms with Gasteiger partial charge in [-0.15, -0.1) is 0 Å². The van der Waals surface area contributed by atoms with Crippen molar-refractivity contribution in [3.8, 4) is 0 Å². The number of hydrogen-bond donors (Lipinski definition) is 4. The first-order valence-electron chi connectivity index (χ1n) is 4.49. The van der Waals surface area contributed by atoms with Crippen LogP contribution >= 0.6 is 0 Å². The average molecular weight is 190 g/mol. The fourth-order valence-corrected chi connectivity index (χ4v) is 1.11. The molecule has 0 aromatic carbocycles. The van der Waals surface area contributed by atoms with Crippen LogP contribution in [0.25, 0.3) is 0 Å². The first kappa shape index (κ1) is 12.2. The Hall–Kier alpha value is -0.810. The quantitative estimate of drug-likeness (QED) is 0.479. The van der Waals surface area contributed by atoms with Crippen LogP contribution in [0.5, 0.6) is 0 Å². The van der Waals surface area contributed by atoms with Crippen LogP contribution in [0.15, 0.2) is 0 Å². The van der Waals surface area contributed by atoms with E-state index in [0.717, 1.165) is 12.8 Å². The Kier molecular flexibility index (Phi) is 6.26. The lowest BCUT2D eigenvalue weighted by molar-refractivity contribution is 0.120. The molecule has 0 heterocycles. The normalized spacial score (nSPS) is 15.0. The molecular weight excluding hydrogens is 172 g/mol. The molecule has 0 bridgehead atoms. The minimum absolute atomic E-state index is 0.0780. The molecule has 5 N–H and O–H groups in total. The summed E-state index contributed by atoms with van der Waals surface area (Å²) >= 11 is 0. The predicted molar refractivity (Wildman–Crippen MR) is 49.5 cm³/mol. The van der Waals surface area contributed by atoms with Gasteiger partial charge in [-0.05, 0) is 6.42 Å². The van der Waals surface area contributed by atoms with Gasteiger partial charge in [-0.1, -0.05) is 19.8 Å². The molecule has 0 aromatic heterocycles. The molecule has 1 unspecified atom stereocenters. The zero-order valence-corrected chi connectivity index (χ0v) is 7.86. The Morgan fingerprint density at radius 3 is 2.62 bits per heavy atom. The number of nitrogens with one attached hydrogen (secondary N) is 1. The summed E-state index contributed by atoms with van der Waals surface area (Å²) in [5, 5.41) is 20.1. The van der Waals surface area contributed by atoms with Crippen molar-refractivity contribution in [1.29, 1.82) is 0 Å². The zero-order valence-electron chi connectivity index (χ0n) is 7.86. The molecular formula is C8H18N2O3. The SMILES string of the molecule is CCCCC(NC(=O)O)[C@H](O)CN. The molecule has 0 radical (unpaired) electrons. The van der Waals surface area contributed by atoms with Crippen LogP contribution in [0.2, 0.25) is 0 Å². The van der Waals surface area contributed by atoms with E-state index in [-0.39, 0.29) is 6.54 Å². The lowest BCUT2D eigenvalue weighted by Gasteiger charge is -2.21. The molecule has 0 rings (SSSR count). The fourth-order valence-electron chi connectivity index (χ4n) is 1.11. The van der Waals surface area contributed by atoms with E-state index in [9.17, 15) is 9.90 Å². The molecule has 0 spiro atoms. The summed E-state index contributed by atoms with van der Waals surface area (Å²) in [6, 6.07) is -0.442. The Morgan fingerprint density at radius 1 is 1.62 bits per heavy atom. The highest BCUT2D eigenvalue weighted by atomic mass is 16.4. The average Bonchev–Trinajstić information content (AvgIpc) is 2.10. The Balaban J connectivity index is 3.94. The van der Waals surface area contributed by atoms with Crippen LogP contribution < -0.4 is 11.1 Å². The number of rotatable bonds is 6. The van der Waals surface area contributed by atoms with Crippen molar-refractivity contribution in [2.45, 2.75) is 38.3 Å². The Morgan fingerprint density at radius 2 is 2.23 bits per heavy atom. The van der Waals surface area contributed by atoms with Gasteiger partial charge in [0, 0.05) is 6.54 Å². The van der Waals surface area contributed by atoms with E-state index in [2.05, 4.69) is 5.32 Å². The highest BCUT2D eigenvalue weighted by molar-refractivity contribution is 5.64. The number of unbranched alkanes of at least 4 members (excludes halogenated alkanes) is 1. The molecule has 0 aromatic rings. The summed E-state index contributed by atoms with van der Waals surface area (Å²) in [6.45, 7) is 2.08. The lowest BCUT2D eigenvalue weighted by Crippen LogP contribution is -2.45. The first-order chi connectivity index (χ1) is 6.11. The van der Waals surface area contributed by atoms with Gasteiger partial charge in [0.2, 0.25) is 0 Å². The summed E-state index contributed by atoms with van der Waals surface area (Å²) in [7, 11) is 0. The maximum absolute atomic E-state index is 10.3. The van der Waals surface area contributed by atoms with Crippen molar-refractivity contribution < 1.29 is 15.0 Å². The first-order valence-corrected chi connectivity index (χ1v) is 4.49. The second-order valence-corrected chi connectivity index (χ2v) is 3.00. The standard InChI is InChI=1S/C8H18N2O3/c1-2-3-4-6(7(11)5-9)10-8(12)13/h6-7,10-11H,2-5,9H2,1H3,(H,12,13)/t6?,7-/m1/s1. The van der Waals surface area contributed by atoms with Gasteiger partial charge >= 0.3 is 6.09 Å². The largest absolute Gasteiger partial charge is 0.465 e. The molecule has 0 aliphatic heterocycles. The van der Waals surface area contributed by atoms with E-state index < -0.39 is 18.2 Å². The van der Waals surface area contributed by atoms with Gasteiger partial charge in [0.15, 0.2) is 0 Å². The predicted octanol–water partition coefficient (Wildman–Crippen LogP) is 0.132. The molecule has 1 amide bonds. The van der Waals surface area contributed by atoms with E-state index in [4.69, 9.17) is 10.8 Å². The smallest absolute Gasteiger partial charge is 0.404 e. The summed E-state index contributed by atoms with van der Waals surface area (Å²) in [6.07, 6.45) is 0.564. The number of carboxylic acid groups (broad SMARTS) is 1. The highest BCUT2D eigenvalue weighted by Crippen LogP contribution is 2.04. The van der Waals surface area contributed by atoms with E-state index >= 15 is 0 Å². The second kappa shape index (κ2) is 6.68. The third kappa shape index (κ3) is 5.43. The van der Waals surface area contributed by atoms with E-state index in [1.165, 1.54) is 0 Å². The number of nitrogens with two attached hydrogens (primary N) is 1. The van der Waals surface area contributed by atoms with Crippen LogP contribution in [-0.2, 0) is 0 Å². The highest BCUT2D eigenvalue weighted by Gasteiger charge is 2.18. The summed E-state index contributed by atoms with van der Waals surface area (Å²) in [5.74, 6) is 0. The van der Waals surface area contributed by atoms with E-state index in [0.29, 0.717) is 6.42 Å². The fraction of sp³-hybridized carbons (Fsp3) is 0.875. The van der Waals surface area contributed by atoms with Gasteiger partial charge in [-0.25, -0.2) is 4.79 Å². The van der Waals surface area contributed by atoms with Gasteiger partial charge in [0.05, 0.1) is 12.1 Å². The van der Waals surface area contributed by atoms with Gasteiger partial charge < -0.3 is 21.3 Å². The van der Waals surface area contributed by atoms with E-state index in [1.807, 2.05) is 6.92 Å². The molecule has 78 valence electrons. The molecule has 0 aliphatic carbocycles. The van der Waals surface area contributed by atoms with Crippen molar-refractivity contribution >= 4 is 6.09 Å². The summed E-state index contributed by atoms with van der Waals surface area (Å²) < 4.78 is 0. The van der Waals surface area contributed by atoms with Gasteiger partial charge in [0.25, 0.3) is 0 Å². The van der Waals surface area contributed by atoms with Crippen molar-refractivity contribution in [2.75, 3.05) is 6.54 Å². The minimum atomic E-state index is -1.12. The third-order valence-corrected chi connectivity index (χ3v) is 1.88. The molecule has 5 nitrogen and oxygen atoms in total. The van der Waals surface area contributed by atoms with Crippen molar-refractivity contribution in [3.63, 3.8) is 0 Å². The van der Waals surface area contributed by atoms with Crippen LogP contribution in [0.4, 0.5) is 4.79 Å². The molecule has 0 saturated heterocycles. The molecule has 0 saturated carbocycles.